The van der Waals surface area contributed by atoms with Gasteiger partial charge in [-0.1, -0.05) is 48.5 Å². The van der Waals surface area contributed by atoms with Crippen LogP contribution < -0.4 is 5.32 Å². The molecule has 2 amide bonds. The van der Waals surface area contributed by atoms with E-state index in [9.17, 15) is 9.59 Å². The average Bonchev–Trinajstić information content (AvgIpc) is 3.12. The number of carbonyl (C=O) groups is 2. The Kier molecular flexibility index (Phi) is 7.78. The second-order valence-electron chi connectivity index (χ2n) is 8.07. The summed E-state index contributed by atoms with van der Waals surface area (Å²) in [5.41, 5.74) is 2.50. The Morgan fingerprint density at radius 1 is 1.03 bits per heavy atom. The number of benzene rings is 2. The number of hydrogen-bond acceptors (Lipinski definition) is 5. The van der Waals surface area contributed by atoms with Crippen LogP contribution in [-0.2, 0) is 23.6 Å². The van der Waals surface area contributed by atoms with Crippen molar-refractivity contribution in [1.29, 1.82) is 0 Å². The fraction of sp³-hybridized carbons (Fsp3) is 0.360. The monoisotopic (exact) mass is 463 g/mol. The van der Waals surface area contributed by atoms with E-state index in [-0.39, 0.29) is 11.8 Å². The van der Waals surface area contributed by atoms with Gasteiger partial charge in [0.15, 0.2) is 11.0 Å². The van der Waals surface area contributed by atoms with Gasteiger partial charge in [-0.2, -0.15) is 0 Å². The molecule has 8 heteroatoms. The van der Waals surface area contributed by atoms with E-state index in [0.29, 0.717) is 18.5 Å². The lowest BCUT2D eigenvalue weighted by molar-refractivity contribution is -0.131. The molecule has 0 spiro atoms. The van der Waals surface area contributed by atoms with Gasteiger partial charge >= 0.3 is 0 Å². The average molecular weight is 464 g/mol. The summed E-state index contributed by atoms with van der Waals surface area (Å²) in [7, 11) is 0. The lowest BCUT2D eigenvalue weighted by Crippen LogP contribution is -2.31. The summed E-state index contributed by atoms with van der Waals surface area (Å²) in [4.78, 5) is 26.7. The molecule has 1 aliphatic heterocycles. The predicted octanol–water partition coefficient (Wildman–Crippen LogP) is 4.75. The molecular weight excluding hydrogens is 434 g/mol. The molecule has 3 aromatic rings. The molecule has 0 bridgehead atoms. The standard InChI is InChI=1S/C25H29N5O2S/c1-2-30-22(17-29-16-8-4-7-11-23(29)31)27-28-25(30)33-18-19-12-14-20(15-13-19)24(32)26-21-9-5-3-6-10-21/h3,5-6,9-10,12-15H,2,4,7-8,11,16-18H2,1H3,(H,26,32). The molecular formula is C25H29N5O2S. The van der Waals surface area contributed by atoms with Crippen LogP contribution in [-0.4, -0.2) is 38.0 Å². The second-order valence-corrected chi connectivity index (χ2v) is 9.02. The molecule has 0 radical (unpaired) electrons. The van der Waals surface area contributed by atoms with Gasteiger partial charge in [-0.25, -0.2) is 0 Å². The summed E-state index contributed by atoms with van der Waals surface area (Å²) in [6, 6.07) is 17.0. The number of likely N-dealkylation sites (tertiary alicyclic amines) is 1. The number of hydrogen-bond donors (Lipinski definition) is 1. The van der Waals surface area contributed by atoms with Gasteiger partial charge in [0.1, 0.15) is 0 Å². The third-order valence-electron chi connectivity index (χ3n) is 5.73. The smallest absolute Gasteiger partial charge is 0.255 e. The van der Waals surface area contributed by atoms with Crippen molar-refractivity contribution >= 4 is 29.3 Å². The molecule has 33 heavy (non-hydrogen) atoms. The van der Waals surface area contributed by atoms with Crippen molar-refractivity contribution in [3.8, 4) is 0 Å². The summed E-state index contributed by atoms with van der Waals surface area (Å²) in [5.74, 6) is 1.65. The highest BCUT2D eigenvalue weighted by Crippen LogP contribution is 2.23. The Morgan fingerprint density at radius 3 is 2.58 bits per heavy atom. The molecule has 1 aromatic heterocycles. The second kappa shape index (κ2) is 11.1. The number of nitrogens with zero attached hydrogens (tertiary/aromatic N) is 4. The van der Waals surface area contributed by atoms with Crippen molar-refractivity contribution in [2.24, 2.45) is 0 Å². The van der Waals surface area contributed by atoms with Crippen LogP contribution in [0.5, 0.6) is 0 Å². The highest BCUT2D eigenvalue weighted by Gasteiger charge is 2.20. The first kappa shape index (κ1) is 23.0. The molecule has 4 rings (SSSR count). The molecule has 0 saturated carbocycles. The summed E-state index contributed by atoms with van der Waals surface area (Å²) in [5, 5.41) is 12.5. The Bertz CT molecular complexity index is 1080. The largest absolute Gasteiger partial charge is 0.335 e. The van der Waals surface area contributed by atoms with E-state index in [2.05, 4.69) is 27.0 Å². The van der Waals surface area contributed by atoms with Gasteiger partial charge in [-0.15, -0.1) is 10.2 Å². The van der Waals surface area contributed by atoms with Gasteiger partial charge in [0.2, 0.25) is 5.91 Å². The topological polar surface area (TPSA) is 80.1 Å². The van der Waals surface area contributed by atoms with Crippen LogP contribution in [0.4, 0.5) is 5.69 Å². The predicted molar refractivity (Wildman–Crippen MR) is 130 cm³/mol. The fourth-order valence-electron chi connectivity index (χ4n) is 3.86. The zero-order chi connectivity index (χ0) is 23.0. The molecule has 0 unspecified atom stereocenters. The van der Waals surface area contributed by atoms with Gasteiger partial charge in [0, 0.05) is 36.5 Å². The minimum atomic E-state index is -0.126. The van der Waals surface area contributed by atoms with Crippen LogP contribution in [0.1, 0.15) is 54.4 Å². The van der Waals surface area contributed by atoms with Crippen LogP contribution in [0.2, 0.25) is 0 Å². The number of thioether (sulfide) groups is 1. The molecule has 172 valence electrons. The Morgan fingerprint density at radius 2 is 1.82 bits per heavy atom. The Balaban J connectivity index is 1.36. The molecule has 1 fully saturated rings. The van der Waals surface area contributed by atoms with Gasteiger partial charge in [0.25, 0.3) is 5.91 Å². The summed E-state index contributed by atoms with van der Waals surface area (Å²) < 4.78 is 2.09. The Hall–Kier alpha value is -3.13. The number of nitrogens with one attached hydrogen (secondary N) is 1. The van der Waals surface area contributed by atoms with Crippen LogP contribution >= 0.6 is 11.8 Å². The number of amides is 2. The number of aromatic nitrogens is 3. The van der Waals surface area contributed by atoms with Crippen LogP contribution in [0.3, 0.4) is 0 Å². The molecule has 1 saturated heterocycles. The molecule has 2 heterocycles. The third-order valence-corrected chi connectivity index (χ3v) is 6.77. The quantitative estimate of drug-likeness (QED) is 0.488. The van der Waals surface area contributed by atoms with Crippen LogP contribution in [0.25, 0.3) is 0 Å². The molecule has 1 N–H and O–H groups in total. The lowest BCUT2D eigenvalue weighted by Gasteiger charge is -2.20. The minimum absolute atomic E-state index is 0.126. The number of carbonyl (C=O) groups excluding carboxylic acids is 2. The molecule has 0 aliphatic carbocycles. The molecule has 1 aliphatic rings. The van der Waals surface area contributed by atoms with Crippen LogP contribution in [0, 0.1) is 0 Å². The maximum absolute atomic E-state index is 12.4. The number of rotatable bonds is 8. The van der Waals surface area contributed by atoms with Crippen molar-refractivity contribution in [3.63, 3.8) is 0 Å². The van der Waals surface area contributed by atoms with E-state index >= 15 is 0 Å². The van der Waals surface area contributed by atoms with E-state index in [1.807, 2.05) is 59.5 Å². The summed E-state index contributed by atoms with van der Waals surface area (Å²) in [6.07, 6.45) is 3.76. The van der Waals surface area contributed by atoms with Crippen molar-refractivity contribution in [2.45, 2.75) is 56.6 Å². The maximum Gasteiger partial charge on any atom is 0.255 e. The fourth-order valence-corrected chi connectivity index (χ4v) is 4.84. The first-order valence-corrected chi connectivity index (χ1v) is 12.4. The third kappa shape index (κ3) is 6.01. The van der Waals surface area contributed by atoms with E-state index in [1.54, 1.807) is 11.8 Å². The van der Waals surface area contributed by atoms with Gasteiger partial charge in [-0.05, 0) is 49.6 Å². The van der Waals surface area contributed by atoms with E-state index in [0.717, 1.165) is 60.3 Å². The van der Waals surface area contributed by atoms with Crippen molar-refractivity contribution in [3.05, 3.63) is 71.5 Å². The van der Waals surface area contributed by atoms with E-state index < -0.39 is 0 Å². The van der Waals surface area contributed by atoms with Gasteiger partial charge in [0.05, 0.1) is 6.54 Å². The molecule has 7 nitrogen and oxygen atoms in total. The van der Waals surface area contributed by atoms with Crippen molar-refractivity contribution < 1.29 is 9.59 Å². The highest BCUT2D eigenvalue weighted by molar-refractivity contribution is 7.98. The van der Waals surface area contributed by atoms with Crippen LogP contribution in [0.15, 0.2) is 59.8 Å². The zero-order valence-corrected chi connectivity index (χ0v) is 19.7. The molecule has 0 atom stereocenters. The molecule has 2 aromatic carbocycles. The van der Waals surface area contributed by atoms with Gasteiger partial charge in [-0.3, -0.25) is 9.59 Å². The van der Waals surface area contributed by atoms with E-state index in [1.165, 1.54) is 0 Å². The SMILES string of the molecule is CCn1c(CN2CCCCCC2=O)nnc1SCc1ccc(C(=O)Nc2ccccc2)cc1. The number of para-hydroxylation sites is 1. The lowest BCUT2D eigenvalue weighted by atomic mass is 10.1. The Labute approximate surface area is 198 Å². The normalized spacial score (nSPS) is 14.2. The zero-order valence-electron chi connectivity index (χ0n) is 18.9. The highest BCUT2D eigenvalue weighted by atomic mass is 32.2. The summed E-state index contributed by atoms with van der Waals surface area (Å²) in [6.45, 7) is 4.14. The first-order chi connectivity index (χ1) is 16.1. The summed E-state index contributed by atoms with van der Waals surface area (Å²) >= 11 is 1.61. The van der Waals surface area contributed by atoms with Gasteiger partial charge < -0.3 is 14.8 Å². The minimum Gasteiger partial charge on any atom is -0.335 e. The maximum atomic E-state index is 12.4. The first-order valence-electron chi connectivity index (χ1n) is 11.4. The van der Waals surface area contributed by atoms with Crippen molar-refractivity contribution in [1.82, 2.24) is 19.7 Å². The van der Waals surface area contributed by atoms with Crippen molar-refractivity contribution in [2.75, 3.05) is 11.9 Å². The number of anilines is 1. The van der Waals surface area contributed by atoms with E-state index in [4.69, 9.17) is 0 Å².